The lowest BCUT2D eigenvalue weighted by atomic mass is 9.86. The number of rotatable bonds is 12. The summed E-state index contributed by atoms with van der Waals surface area (Å²) in [6.07, 6.45) is -0.998. The van der Waals surface area contributed by atoms with Gasteiger partial charge >= 0.3 is 0 Å². The van der Waals surface area contributed by atoms with Crippen molar-refractivity contribution in [2.75, 3.05) is 14.2 Å². The number of hydrogen-bond acceptors (Lipinski definition) is 10. The van der Waals surface area contributed by atoms with Crippen LogP contribution in [0.15, 0.2) is 47.5 Å². The number of ketones is 6. The average Bonchev–Trinajstić information content (AvgIpc) is 2.85. The molecule has 0 bridgehead atoms. The van der Waals surface area contributed by atoms with Crippen molar-refractivity contribution in [3.8, 4) is 23.0 Å². The molecule has 10 heteroatoms. The zero-order chi connectivity index (χ0) is 29.6. The highest BCUT2D eigenvalue weighted by Crippen LogP contribution is 2.33. The molecule has 2 N–H and O–H groups in total. The second-order valence-electron chi connectivity index (χ2n) is 8.52. The van der Waals surface area contributed by atoms with E-state index in [0.717, 1.165) is 27.7 Å². The largest absolute Gasteiger partial charge is 0.504 e. The summed E-state index contributed by atoms with van der Waals surface area (Å²) in [4.78, 5) is 77.0. The highest BCUT2D eigenvalue weighted by molar-refractivity contribution is 6.41. The monoisotopic (exact) mass is 536 g/mol. The molecule has 0 aliphatic carbocycles. The van der Waals surface area contributed by atoms with Gasteiger partial charge < -0.3 is 19.7 Å². The number of phenols is 2. The summed E-state index contributed by atoms with van der Waals surface area (Å²) in [6, 6.07) is 7.56. The number of carbonyl (C=O) groups excluding carboxylic acids is 6. The third kappa shape index (κ3) is 6.72. The summed E-state index contributed by atoms with van der Waals surface area (Å²) in [6.45, 7) is 4.34. The van der Waals surface area contributed by atoms with Crippen LogP contribution in [-0.4, -0.2) is 59.1 Å². The van der Waals surface area contributed by atoms with Crippen LogP contribution in [0.4, 0.5) is 0 Å². The average molecular weight is 537 g/mol. The Bertz CT molecular complexity index is 1350. The summed E-state index contributed by atoms with van der Waals surface area (Å²) in [5.74, 6) is -5.58. The van der Waals surface area contributed by atoms with Gasteiger partial charge in [0.2, 0.25) is 0 Å². The number of hydrogen-bond donors (Lipinski definition) is 2. The van der Waals surface area contributed by atoms with Crippen molar-refractivity contribution in [2.45, 2.75) is 34.1 Å². The van der Waals surface area contributed by atoms with Crippen LogP contribution in [0.1, 0.15) is 45.2 Å². The van der Waals surface area contributed by atoms with Gasteiger partial charge in [-0.2, -0.15) is 0 Å². The molecule has 0 unspecified atom stereocenters. The lowest BCUT2D eigenvalue weighted by Gasteiger charge is -2.14. The number of benzene rings is 2. The normalized spacial score (nSPS) is 12.1. The van der Waals surface area contributed by atoms with Crippen molar-refractivity contribution in [3.63, 3.8) is 0 Å². The van der Waals surface area contributed by atoms with Crippen molar-refractivity contribution < 1.29 is 48.5 Å². The van der Waals surface area contributed by atoms with Crippen LogP contribution in [-0.2, 0) is 28.8 Å². The minimum Gasteiger partial charge on any atom is -0.504 e. The molecule has 2 rings (SSSR count). The van der Waals surface area contributed by atoms with E-state index in [4.69, 9.17) is 9.47 Å². The fraction of sp³-hybridized carbons (Fsp3) is 0.241. The first-order valence-electron chi connectivity index (χ1n) is 11.6. The molecule has 0 atom stereocenters. The van der Waals surface area contributed by atoms with Crippen molar-refractivity contribution in [1.29, 1.82) is 0 Å². The second-order valence-corrected chi connectivity index (χ2v) is 8.52. The molecule has 0 saturated heterocycles. The first kappa shape index (κ1) is 30.4. The molecule has 0 radical (unpaired) electrons. The Morgan fingerprint density at radius 1 is 0.590 bits per heavy atom. The summed E-state index contributed by atoms with van der Waals surface area (Å²) < 4.78 is 10.1. The molecule has 0 amide bonds. The molecule has 0 spiro atoms. The number of aromatic hydroxyl groups is 2. The minimum atomic E-state index is -1.05. The molecule has 39 heavy (non-hydrogen) atoms. The van der Waals surface area contributed by atoms with Crippen LogP contribution in [0.5, 0.6) is 23.0 Å². The van der Waals surface area contributed by atoms with E-state index in [1.807, 2.05) is 0 Å². The number of phenolic OH excluding ortho intramolecular Hbond substituents is 2. The van der Waals surface area contributed by atoms with E-state index in [1.54, 1.807) is 0 Å². The van der Waals surface area contributed by atoms with Crippen LogP contribution < -0.4 is 9.47 Å². The topological polar surface area (TPSA) is 161 Å². The van der Waals surface area contributed by atoms with Gasteiger partial charge in [0.25, 0.3) is 0 Å². The van der Waals surface area contributed by atoms with Gasteiger partial charge in [-0.25, -0.2) is 0 Å². The zero-order valence-corrected chi connectivity index (χ0v) is 22.3. The molecule has 204 valence electrons. The summed E-state index contributed by atoms with van der Waals surface area (Å²) in [5.41, 5.74) is -1.59. The van der Waals surface area contributed by atoms with Gasteiger partial charge in [0.1, 0.15) is 0 Å². The van der Waals surface area contributed by atoms with Gasteiger partial charge in [-0.3, -0.25) is 28.8 Å². The molecule has 0 aromatic heterocycles. The Hall–Kier alpha value is -4.86. The van der Waals surface area contributed by atoms with E-state index in [0.29, 0.717) is 0 Å². The summed E-state index contributed by atoms with van der Waals surface area (Å²) in [5, 5.41) is 19.8. The Morgan fingerprint density at radius 2 is 0.923 bits per heavy atom. The first-order valence-corrected chi connectivity index (χ1v) is 11.6. The van der Waals surface area contributed by atoms with Gasteiger partial charge in [-0.15, -0.1) is 0 Å². The Labute approximate surface area is 224 Å². The van der Waals surface area contributed by atoms with Crippen LogP contribution in [0.2, 0.25) is 0 Å². The van der Waals surface area contributed by atoms with Crippen molar-refractivity contribution in [2.24, 2.45) is 0 Å². The molecule has 0 fully saturated rings. The van der Waals surface area contributed by atoms with E-state index < -0.39 is 52.3 Å². The minimum absolute atomic E-state index is 0.0186. The fourth-order valence-corrected chi connectivity index (χ4v) is 4.06. The molecule has 2 aromatic carbocycles. The molecule has 0 aliphatic heterocycles. The fourth-order valence-electron chi connectivity index (χ4n) is 4.06. The molecule has 0 saturated carbocycles. The zero-order valence-electron chi connectivity index (χ0n) is 22.3. The van der Waals surface area contributed by atoms with Gasteiger partial charge in [0.15, 0.2) is 57.7 Å². The Morgan fingerprint density at radius 3 is 1.18 bits per heavy atom. The molecule has 10 nitrogen and oxygen atoms in total. The predicted molar refractivity (Wildman–Crippen MR) is 141 cm³/mol. The predicted octanol–water partition coefficient (Wildman–Crippen LogP) is 3.21. The van der Waals surface area contributed by atoms with Crippen molar-refractivity contribution in [1.82, 2.24) is 0 Å². The number of carbonyl (C=O) groups is 6. The highest BCUT2D eigenvalue weighted by atomic mass is 16.5. The number of Topliss-reactive ketones (excluding diaryl/α,β-unsaturated/α-hetero) is 6. The van der Waals surface area contributed by atoms with Crippen molar-refractivity contribution in [3.05, 3.63) is 58.7 Å². The number of allylic oxidation sites excluding steroid dienone is 4. The second kappa shape index (κ2) is 12.6. The van der Waals surface area contributed by atoms with E-state index >= 15 is 0 Å². The lowest BCUT2D eigenvalue weighted by molar-refractivity contribution is -0.126. The lowest BCUT2D eigenvalue weighted by Crippen LogP contribution is -2.23. The number of methoxy groups -OCH3 is 2. The quantitative estimate of drug-likeness (QED) is 0.234. The van der Waals surface area contributed by atoms with Crippen molar-refractivity contribution >= 4 is 45.8 Å². The Balaban J connectivity index is 2.72. The van der Waals surface area contributed by atoms with Crippen LogP contribution in [0, 0.1) is 0 Å². The molecular formula is C29H28O10. The van der Waals surface area contributed by atoms with E-state index in [1.165, 1.54) is 50.6 Å². The van der Waals surface area contributed by atoms with Crippen LogP contribution in [0.25, 0.3) is 11.1 Å². The van der Waals surface area contributed by atoms with Gasteiger partial charge in [0, 0.05) is 11.1 Å². The Kier molecular flexibility index (Phi) is 9.80. The molecule has 0 heterocycles. The van der Waals surface area contributed by atoms with E-state index in [-0.39, 0.29) is 45.3 Å². The smallest absolute Gasteiger partial charge is 0.174 e. The molecular weight excluding hydrogens is 508 g/mol. The van der Waals surface area contributed by atoms with E-state index in [9.17, 15) is 39.0 Å². The molecule has 2 aromatic rings. The van der Waals surface area contributed by atoms with Gasteiger partial charge in [-0.1, -0.05) is 12.1 Å². The third-order valence-corrected chi connectivity index (χ3v) is 5.72. The molecule has 0 aliphatic rings. The maximum atomic E-state index is 13.3. The van der Waals surface area contributed by atoms with Gasteiger partial charge in [0.05, 0.1) is 31.8 Å². The maximum absolute atomic E-state index is 13.3. The SMILES string of the molecule is COc1cc(/C(C(C)=O)=C(\C(C)=O)C(=O)CC(=O)/C(C(C)=O)=C(\C(C)=O)c2ccc(O)c(OC)c2)ccc1O. The van der Waals surface area contributed by atoms with Gasteiger partial charge in [-0.05, 0) is 63.1 Å². The summed E-state index contributed by atoms with van der Waals surface area (Å²) >= 11 is 0. The summed E-state index contributed by atoms with van der Waals surface area (Å²) in [7, 11) is 2.55. The van der Waals surface area contributed by atoms with E-state index in [2.05, 4.69) is 0 Å². The first-order chi connectivity index (χ1) is 18.2. The standard InChI is InChI=1S/C29H28O10/c1-14(30)26(18-7-9-20(34)24(11-18)38-5)28(16(3)32)22(36)13-23(37)29(17(4)33)27(15(2)31)19-8-10-21(35)25(12-19)39-6/h7-12,34-35H,13H2,1-6H3/b28-26+,29-27+. The highest BCUT2D eigenvalue weighted by Gasteiger charge is 2.30. The number of ether oxygens (including phenoxy) is 2. The van der Waals surface area contributed by atoms with Crippen LogP contribution in [0.3, 0.4) is 0 Å². The van der Waals surface area contributed by atoms with Crippen LogP contribution >= 0.6 is 0 Å². The third-order valence-electron chi connectivity index (χ3n) is 5.72. The maximum Gasteiger partial charge on any atom is 0.174 e.